The average molecular weight is 411 g/mol. The van der Waals surface area contributed by atoms with E-state index in [1.54, 1.807) is 0 Å². The molecule has 1 saturated heterocycles. The van der Waals surface area contributed by atoms with E-state index in [0.717, 1.165) is 27.4 Å². The van der Waals surface area contributed by atoms with Crippen molar-refractivity contribution in [2.75, 3.05) is 0 Å². The van der Waals surface area contributed by atoms with E-state index >= 15 is 0 Å². The van der Waals surface area contributed by atoms with Crippen LogP contribution < -0.4 is 5.46 Å². The molecule has 0 N–H and O–H groups in total. The maximum absolute atomic E-state index is 8.54. The smallest absolute Gasteiger partial charge is 0.399 e. The molecule has 1 fully saturated rings. The van der Waals surface area contributed by atoms with Crippen LogP contribution >= 0.6 is 0 Å². The van der Waals surface area contributed by atoms with Gasteiger partial charge in [0.25, 0.3) is 0 Å². The van der Waals surface area contributed by atoms with Gasteiger partial charge in [-0.3, -0.25) is 0 Å². The molecule has 0 saturated carbocycles. The predicted molar refractivity (Wildman–Crippen MR) is 131 cm³/mol. The molecule has 1 heterocycles. The van der Waals surface area contributed by atoms with Crippen molar-refractivity contribution in [2.24, 2.45) is 0 Å². The topological polar surface area (TPSA) is 18.5 Å². The summed E-state index contributed by atoms with van der Waals surface area (Å²) in [7, 11) is -0.509. The van der Waals surface area contributed by atoms with Gasteiger partial charge in [-0.15, -0.1) is 0 Å². The molecule has 4 aromatic rings. The minimum Gasteiger partial charge on any atom is -0.399 e. The van der Waals surface area contributed by atoms with Crippen molar-refractivity contribution in [1.82, 2.24) is 0 Å². The Morgan fingerprint density at radius 2 is 1.29 bits per heavy atom. The number of hydrogen-bond acceptors (Lipinski definition) is 2. The third-order valence-electron chi connectivity index (χ3n) is 6.40. The molecule has 3 heteroatoms. The molecule has 0 spiro atoms. The van der Waals surface area contributed by atoms with Crippen LogP contribution in [0.15, 0.2) is 90.9 Å². The normalized spacial score (nSPS) is 19.5. The molecule has 154 valence electrons. The van der Waals surface area contributed by atoms with Crippen molar-refractivity contribution in [3.63, 3.8) is 0 Å². The summed E-state index contributed by atoms with van der Waals surface area (Å²) < 4.78 is 53.9. The molecular formula is C28H27BO2. The molecule has 0 atom stereocenters. The van der Waals surface area contributed by atoms with Gasteiger partial charge in [0.15, 0.2) is 0 Å². The monoisotopic (exact) mass is 411 g/mol. The van der Waals surface area contributed by atoms with E-state index in [1.165, 1.54) is 0 Å². The molecular weight excluding hydrogens is 379 g/mol. The lowest BCUT2D eigenvalue weighted by Crippen LogP contribution is -2.41. The summed E-state index contributed by atoms with van der Waals surface area (Å²) in [6, 6.07) is 18.0. The molecule has 1 aliphatic heterocycles. The third kappa shape index (κ3) is 3.48. The van der Waals surface area contributed by atoms with Gasteiger partial charge in [0.05, 0.1) is 18.1 Å². The molecule has 0 amide bonds. The van der Waals surface area contributed by atoms with Crippen LogP contribution in [0.4, 0.5) is 0 Å². The molecule has 1 aliphatic rings. The van der Waals surface area contributed by atoms with E-state index in [1.807, 2.05) is 88.4 Å². The van der Waals surface area contributed by atoms with Crippen molar-refractivity contribution >= 4 is 23.4 Å². The molecule has 0 radical (unpaired) electrons. The highest BCUT2D eigenvalue weighted by molar-refractivity contribution is 6.62. The Labute approximate surface area is 192 Å². The van der Waals surface area contributed by atoms with E-state index in [4.69, 9.17) is 16.2 Å². The highest BCUT2D eigenvalue weighted by Crippen LogP contribution is 2.38. The number of rotatable bonds is 3. The second kappa shape index (κ2) is 7.37. The Kier molecular flexibility index (Phi) is 3.57. The summed E-state index contributed by atoms with van der Waals surface area (Å²) in [4.78, 5) is 0. The summed E-state index contributed by atoms with van der Waals surface area (Å²) in [5, 5.41) is 1.74. The van der Waals surface area contributed by atoms with Gasteiger partial charge in [-0.05, 0) is 66.2 Å². The van der Waals surface area contributed by atoms with Crippen LogP contribution in [-0.4, -0.2) is 18.3 Å². The van der Waals surface area contributed by atoms with Gasteiger partial charge in [0, 0.05) is 0 Å². The molecule has 4 aromatic carbocycles. The first kappa shape index (κ1) is 15.0. The largest absolute Gasteiger partial charge is 0.494 e. The lowest BCUT2D eigenvalue weighted by molar-refractivity contribution is 0.00578. The first-order chi connectivity index (χ1) is 16.9. The van der Waals surface area contributed by atoms with Crippen LogP contribution in [-0.2, 0) is 9.31 Å². The molecule has 0 bridgehead atoms. The minimum atomic E-state index is -0.509. The zero-order valence-corrected chi connectivity index (χ0v) is 18.2. The van der Waals surface area contributed by atoms with Crippen molar-refractivity contribution in [2.45, 2.75) is 38.9 Å². The van der Waals surface area contributed by atoms with E-state index < -0.39 is 24.4 Å². The van der Waals surface area contributed by atoms with Crippen molar-refractivity contribution in [1.29, 1.82) is 0 Å². The van der Waals surface area contributed by atoms with E-state index in [0.29, 0.717) is 5.56 Å². The number of fused-ring (bicyclic) bond motifs is 1. The van der Waals surface area contributed by atoms with E-state index in [9.17, 15) is 0 Å². The Morgan fingerprint density at radius 1 is 0.710 bits per heavy atom. The maximum Gasteiger partial charge on any atom is 0.494 e. The SMILES string of the molecule is [2H]c1c([2H])c([2H])c(-c2cccc3cccc(-c4cccc(B5OC(C)(C)C(C)(C)O5)c4)c23)c([2H])c1[2H]. The van der Waals surface area contributed by atoms with Gasteiger partial charge in [-0.1, -0.05) is 90.9 Å². The highest BCUT2D eigenvalue weighted by Gasteiger charge is 2.51. The predicted octanol–water partition coefficient (Wildman–Crippen LogP) is 6.47. The number of benzene rings is 4. The number of hydrogen-bond donors (Lipinski definition) is 0. The Bertz CT molecular complexity index is 1470. The standard InChI is InChI=1S/C28H27BO2/c1-27(2)28(3,4)31-29(30-27)23-16-8-15-22(19-23)25-18-10-14-21-13-9-17-24(26(21)25)20-11-6-5-7-12-20/h5-19H,1-4H3/i5D,6D,7D,11D,12D. The maximum atomic E-state index is 8.54. The Balaban J connectivity index is 1.72. The lowest BCUT2D eigenvalue weighted by atomic mass is 9.77. The molecule has 0 aromatic heterocycles. The van der Waals surface area contributed by atoms with E-state index in [2.05, 4.69) is 0 Å². The molecule has 5 rings (SSSR count). The van der Waals surface area contributed by atoms with Crippen LogP contribution in [0.3, 0.4) is 0 Å². The Morgan fingerprint density at radius 3 is 1.94 bits per heavy atom. The van der Waals surface area contributed by atoms with Crippen LogP contribution in [0, 0.1) is 0 Å². The van der Waals surface area contributed by atoms with Gasteiger partial charge < -0.3 is 9.31 Å². The molecule has 0 unspecified atom stereocenters. The van der Waals surface area contributed by atoms with Crippen LogP contribution in [0.5, 0.6) is 0 Å². The van der Waals surface area contributed by atoms with Crippen LogP contribution in [0.2, 0.25) is 0 Å². The molecule has 0 aliphatic carbocycles. The zero-order chi connectivity index (χ0) is 26.0. The fraction of sp³-hybridized carbons (Fsp3) is 0.214. The summed E-state index contributed by atoms with van der Waals surface area (Å²) in [6.45, 7) is 8.09. The highest BCUT2D eigenvalue weighted by atomic mass is 16.7. The average Bonchev–Trinajstić information content (AvgIpc) is 3.08. The fourth-order valence-corrected chi connectivity index (χ4v) is 4.01. The van der Waals surface area contributed by atoms with Crippen LogP contribution in [0.1, 0.15) is 34.5 Å². The quantitative estimate of drug-likeness (QED) is 0.360. The van der Waals surface area contributed by atoms with Gasteiger partial charge in [0.2, 0.25) is 0 Å². The van der Waals surface area contributed by atoms with Crippen molar-refractivity contribution in [3.8, 4) is 22.3 Å². The summed E-state index contributed by atoms with van der Waals surface area (Å²) in [5.74, 6) is 0. The zero-order valence-electron chi connectivity index (χ0n) is 23.2. The first-order valence-electron chi connectivity index (χ1n) is 13.0. The first-order valence-corrected chi connectivity index (χ1v) is 10.5. The third-order valence-corrected chi connectivity index (χ3v) is 6.40. The second-order valence-electron chi connectivity index (χ2n) is 8.92. The Hall–Kier alpha value is -2.88. The van der Waals surface area contributed by atoms with Gasteiger partial charge in [0.1, 0.15) is 0 Å². The summed E-state index contributed by atoms with van der Waals surface area (Å²) >= 11 is 0. The summed E-state index contributed by atoms with van der Waals surface area (Å²) in [5.41, 5.74) is 2.59. The van der Waals surface area contributed by atoms with Crippen molar-refractivity contribution < 1.29 is 16.2 Å². The molecule has 2 nitrogen and oxygen atoms in total. The molecule has 31 heavy (non-hydrogen) atoms. The van der Waals surface area contributed by atoms with Crippen LogP contribution in [0.25, 0.3) is 33.0 Å². The fourth-order valence-electron chi connectivity index (χ4n) is 4.01. The van der Waals surface area contributed by atoms with Crippen molar-refractivity contribution in [3.05, 3.63) is 90.9 Å². The summed E-state index contributed by atoms with van der Waals surface area (Å²) in [6.07, 6.45) is 0. The van der Waals surface area contributed by atoms with E-state index in [-0.39, 0.29) is 29.7 Å². The van der Waals surface area contributed by atoms with Gasteiger partial charge >= 0.3 is 7.12 Å². The van der Waals surface area contributed by atoms with Gasteiger partial charge in [-0.25, -0.2) is 0 Å². The lowest BCUT2D eigenvalue weighted by Gasteiger charge is -2.32. The minimum absolute atomic E-state index is 0.196. The second-order valence-corrected chi connectivity index (χ2v) is 8.92. The van der Waals surface area contributed by atoms with Gasteiger partial charge in [-0.2, -0.15) is 0 Å².